The van der Waals surface area contributed by atoms with Crippen molar-refractivity contribution in [1.82, 2.24) is 5.32 Å². The average molecular weight is 466 g/mol. The summed E-state index contributed by atoms with van der Waals surface area (Å²) in [6.45, 7) is 8.85. The first kappa shape index (κ1) is 23.1. The Bertz CT molecular complexity index is 1370. The van der Waals surface area contributed by atoms with Crippen LogP contribution in [0.1, 0.15) is 49.4 Å². The molecule has 172 valence electrons. The number of furan rings is 1. The zero-order valence-electron chi connectivity index (χ0n) is 19.4. The molecule has 0 aliphatic rings. The number of nitrogens with one attached hydrogen (secondary N) is 1. The summed E-state index contributed by atoms with van der Waals surface area (Å²) in [6.07, 6.45) is 3.04. The number of halogens is 1. The number of hydrogen-bond donors (Lipinski definition) is 1. The Balaban J connectivity index is 1.50. The zero-order chi connectivity index (χ0) is 23.8. The van der Waals surface area contributed by atoms with Gasteiger partial charge in [0.05, 0.1) is 6.26 Å². The summed E-state index contributed by atoms with van der Waals surface area (Å²) in [5, 5.41) is 5.49. The predicted octanol–water partition coefficient (Wildman–Crippen LogP) is 6.09. The number of aryl methyl sites for hydroxylation is 1. The molecule has 0 spiro atoms. The van der Waals surface area contributed by atoms with Crippen LogP contribution in [0, 0.1) is 6.92 Å². The molecule has 0 radical (unpaired) electrons. The average Bonchev–Trinajstić information content (AvgIpc) is 3.17. The van der Waals surface area contributed by atoms with Crippen LogP contribution >= 0.6 is 11.6 Å². The Morgan fingerprint density at radius 3 is 2.45 bits per heavy atom. The summed E-state index contributed by atoms with van der Waals surface area (Å²) in [4.78, 5) is 25.0. The van der Waals surface area contributed by atoms with Gasteiger partial charge in [-0.15, -0.1) is 0 Å². The maximum Gasteiger partial charge on any atom is 0.339 e. The van der Waals surface area contributed by atoms with Gasteiger partial charge in [-0.1, -0.05) is 44.5 Å². The molecule has 4 rings (SSSR count). The quantitative estimate of drug-likeness (QED) is 0.350. The Kier molecular flexibility index (Phi) is 6.35. The lowest BCUT2D eigenvalue weighted by atomic mass is 9.86. The van der Waals surface area contributed by atoms with Gasteiger partial charge in [0.1, 0.15) is 11.2 Å². The largest absolute Gasteiger partial charge is 0.464 e. The second-order valence-corrected chi connectivity index (χ2v) is 9.90. The van der Waals surface area contributed by atoms with Gasteiger partial charge in [-0.05, 0) is 54.5 Å². The van der Waals surface area contributed by atoms with Gasteiger partial charge in [0.25, 0.3) is 0 Å². The number of rotatable bonds is 6. The molecule has 6 heteroatoms. The highest BCUT2D eigenvalue weighted by Crippen LogP contribution is 2.35. The fourth-order valence-corrected chi connectivity index (χ4v) is 4.23. The molecule has 0 saturated heterocycles. The van der Waals surface area contributed by atoms with Gasteiger partial charge in [-0.3, -0.25) is 4.79 Å². The van der Waals surface area contributed by atoms with Crippen molar-refractivity contribution in [3.63, 3.8) is 0 Å². The molecule has 4 aromatic rings. The number of fused-ring (bicyclic) bond motifs is 2. The third-order valence-electron chi connectivity index (χ3n) is 6.04. The van der Waals surface area contributed by atoms with E-state index in [4.69, 9.17) is 20.4 Å². The molecule has 0 bridgehead atoms. The minimum Gasteiger partial charge on any atom is -0.464 e. The van der Waals surface area contributed by atoms with Crippen molar-refractivity contribution in [2.75, 3.05) is 6.54 Å². The second-order valence-electron chi connectivity index (χ2n) is 9.46. The Hall–Kier alpha value is -3.05. The molecule has 1 N–H and O–H groups in total. The van der Waals surface area contributed by atoms with E-state index in [0.717, 1.165) is 33.9 Å². The number of carbonyl (C=O) groups excluding carboxylic acids is 1. The van der Waals surface area contributed by atoms with Gasteiger partial charge in [-0.25, -0.2) is 4.79 Å². The van der Waals surface area contributed by atoms with Crippen LogP contribution in [0.4, 0.5) is 0 Å². The predicted molar refractivity (Wildman–Crippen MR) is 132 cm³/mol. The molecular formula is C27H28ClNO4. The van der Waals surface area contributed by atoms with Gasteiger partial charge < -0.3 is 14.2 Å². The molecule has 1 amide bonds. The normalized spacial score (nSPS) is 11.9. The van der Waals surface area contributed by atoms with Crippen LogP contribution < -0.4 is 10.9 Å². The summed E-state index contributed by atoms with van der Waals surface area (Å²) in [6, 6.07) is 11.4. The van der Waals surface area contributed by atoms with Gasteiger partial charge in [0, 0.05) is 46.0 Å². The maximum absolute atomic E-state index is 12.7. The standard InChI is InChI=1S/C27H28ClNO4/c1-16-19(9-10-25(30)29-12-11-17-5-7-18(28)8-6-17)26(31)33-24-14-23-21(13-20(16)24)22(15-32-23)27(2,3)4/h5-8,13-15H,9-12H2,1-4H3,(H,29,30). The van der Waals surface area contributed by atoms with Crippen molar-refractivity contribution >= 4 is 39.4 Å². The maximum atomic E-state index is 12.7. The van der Waals surface area contributed by atoms with Crippen molar-refractivity contribution < 1.29 is 13.6 Å². The summed E-state index contributed by atoms with van der Waals surface area (Å²) in [7, 11) is 0. The first-order valence-corrected chi connectivity index (χ1v) is 11.5. The van der Waals surface area contributed by atoms with Gasteiger partial charge in [-0.2, -0.15) is 0 Å². The number of benzene rings is 2. The first-order valence-electron chi connectivity index (χ1n) is 11.1. The first-order chi connectivity index (χ1) is 15.6. The van der Waals surface area contributed by atoms with E-state index >= 15 is 0 Å². The topological polar surface area (TPSA) is 72.5 Å². The third kappa shape index (κ3) is 4.98. The van der Waals surface area contributed by atoms with Crippen LogP contribution in [-0.4, -0.2) is 12.5 Å². The van der Waals surface area contributed by atoms with E-state index in [1.807, 2.05) is 37.3 Å². The van der Waals surface area contributed by atoms with E-state index in [1.54, 1.807) is 12.3 Å². The van der Waals surface area contributed by atoms with E-state index in [2.05, 4.69) is 26.1 Å². The van der Waals surface area contributed by atoms with Crippen molar-refractivity contribution in [3.05, 3.63) is 80.4 Å². The molecule has 33 heavy (non-hydrogen) atoms. The highest BCUT2D eigenvalue weighted by atomic mass is 35.5. The summed E-state index contributed by atoms with van der Waals surface area (Å²) in [5.74, 6) is -0.0943. The fraction of sp³-hybridized carbons (Fsp3) is 0.333. The minimum atomic E-state index is -0.407. The van der Waals surface area contributed by atoms with Crippen LogP contribution in [0.2, 0.25) is 5.02 Å². The fourth-order valence-electron chi connectivity index (χ4n) is 4.10. The van der Waals surface area contributed by atoms with Crippen LogP contribution in [0.25, 0.3) is 21.9 Å². The van der Waals surface area contributed by atoms with Crippen LogP contribution in [-0.2, 0) is 23.1 Å². The van der Waals surface area contributed by atoms with E-state index < -0.39 is 5.63 Å². The second kappa shape index (κ2) is 9.06. The Morgan fingerprint density at radius 2 is 1.76 bits per heavy atom. The number of amides is 1. The van der Waals surface area contributed by atoms with Crippen molar-refractivity contribution in [3.8, 4) is 0 Å². The van der Waals surface area contributed by atoms with Crippen molar-refractivity contribution in [1.29, 1.82) is 0 Å². The van der Waals surface area contributed by atoms with Crippen LogP contribution in [0.15, 0.2) is 56.3 Å². The summed E-state index contributed by atoms with van der Waals surface area (Å²) >= 11 is 5.90. The van der Waals surface area contributed by atoms with E-state index in [-0.39, 0.29) is 17.7 Å². The Labute approximate surface area is 197 Å². The van der Waals surface area contributed by atoms with Gasteiger partial charge in [0.15, 0.2) is 0 Å². The highest BCUT2D eigenvalue weighted by Gasteiger charge is 2.21. The summed E-state index contributed by atoms with van der Waals surface area (Å²) in [5.41, 5.74) is 4.30. The molecule has 0 unspecified atom stereocenters. The number of hydrogen-bond acceptors (Lipinski definition) is 4. The lowest BCUT2D eigenvalue weighted by molar-refractivity contribution is -0.121. The van der Waals surface area contributed by atoms with Crippen molar-refractivity contribution in [2.24, 2.45) is 0 Å². The summed E-state index contributed by atoms with van der Waals surface area (Å²) < 4.78 is 11.3. The van der Waals surface area contributed by atoms with Crippen LogP contribution in [0.3, 0.4) is 0 Å². The van der Waals surface area contributed by atoms with Gasteiger partial charge >= 0.3 is 5.63 Å². The van der Waals surface area contributed by atoms with E-state index in [9.17, 15) is 9.59 Å². The molecule has 0 aliphatic heterocycles. The molecule has 0 aliphatic carbocycles. The highest BCUT2D eigenvalue weighted by molar-refractivity contribution is 6.30. The van der Waals surface area contributed by atoms with E-state index in [1.165, 1.54) is 0 Å². The zero-order valence-corrected chi connectivity index (χ0v) is 20.1. The molecule has 2 aromatic carbocycles. The molecule has 0 saturated carbocycles. The smallest absolute Gasteiger partial charge is 0.339 e. The van der Waals surface area contributed by atoms with E-state index in [0.29, 0.717) is 34.7 Å². The van der Waals surface area contributed by atoms with Crippen molar-refractivity contribution in [2.45, 2.75) is 52.4 Å². The molecular weight excluding hydrogens is 438 g/mol. The Morgan fingerprint density at radius 1 is 1.03 bits per heavy atom. The van der Waals surface area contributed by atoms with Crippen LogP contribution in [0.5, 0.6) is 0 Å². The molecule has 2 heterocycles. The monoisotopic (exact) mass is 465 g/mol. The molecule has 0 fully saturated rings. The third-order valence-corrected chi connectivity index (χ3v) is 6.29. The lowest BCUT2D eigenvalue weighted by Gasteiger charge is -2.16. The molecule has 5 nitrogen and oxygen atoms in total. The molecule has 2 aromatic heterocycles. The molecule has 0 atom stereocenters. The minimum absolute atomic E-state index is 0.0740. The SMILES string of the molecule is Cc1c(CCC(=O)NCCc2ccc(Cl)cc2)c(=O)oc2cc3occ(C(C)(C)C)c3cc12. The number of carbonyl (C=O) groups is 1. The van der Waals surface area contributed by atoms with Gasteiger partial charge in [0.2, 0.25) is 5.91 Å². The lowest BCUT2D eigenvalue weighted by Crippen LogP contribution is -2.26.